The van der Waals surface area contributed by atoms with Crippen LogP contribution in [0, 0.1) is 13.8 Å². The maximum absolute atomic E-state index is 12.5. The molecule has 0 radical (unpaired) electrons. The summed E-state index contributed by atoms with van der Waals surface area (Å²) >= 11 is 0. The number of carbonyl (C=O) groups is 1. The highest BCUT2D eigenvalue weighted by Crippen LogP contribution is 2.26. The molecule has 168 valence electrons. The van der Waals surface area contributed by atoms with Gasteiger partial charge in [-0.15, -0.1) is 10.2 Å². The van der Waals surface area contributed by atoms with Gasteiger partial charge in [-0.1, -0.05) is 5.16 Å². The van der Waals surface area contributed by atoms with Crippen LogP contribution in [0.15, 0.2) is 35.0 Å². The van der Waals surface area contributed by atoms with Crippen LogP contribution in [0.2, 0.25) is 0 Å². The molecule has 3 aromatic rings. The zero-order valence-electron chi connectivity index (χ0n) is 18.5. The van der Waals surface area contributed by atoms with Gasteiger partial charge in [-0.05, 0) is 57.7 Å². The smallest absolute Gasteiger partial charge is 0.272 e. The molecule has 0 aromatic carbocycles. The van der Waals surface area contributed by atoms with Gasteiger partial charge in [0.15, 0.2) is 5.69 Å². The lowest BCUT2D eigenvalue weighted by molar-refractivity contribution is 0.0598. The molecule has 0 saturated heterocycles. The van der Waals surface area contributed by atoms with Gasteiger partial charge in [0.05, 0.1) is 11.7 Å². The highest BCUT2D eigenvalue weighted by Gasteiger charge is 2.23. The molecular formula is C23H27N5O4. The number of hydrogen-bond acceptors (Lipinski definition) is 8. The number of ether oxygens (including phenoxy) is 2. The van der Waals surface area contributed by atoms with Crippen molar-refractivity contribution in [2.75, 3.05) is 7.11 Å². The Balaban J connectivity index is 1.35. The largest absolute Gasteiger partial charge is 0.472 e. The zero-order valence-corrected chi connectivity index (χ0v) is 18.5. The maximum Gasteiger partial charge on any atom is 0.272 e. The van der Waals surface area contributed by atoms with Gasteiger partial charge < -0.3 is 19.3 Å². The summed E-state index contributed by atoms with van der Waals surface area (Å²) in [7, 11) is 1.73. The van der Waals surface area contributed by atoms with Crippen molar-refractivity contribution in [2.24, 2.45) is 0 Å². The van der Waals surface area contributed by atoms with Crippen LogP contribution in [0.25, 0.3) is 11.3 Å². The monoisotopic (exact) mass is 437 g/mol. The minimum Gasteiger partial charge on any atom is -0.472 e. The predicted molar refractivity (Wildman–Crippen MR) is 116 cm³/mol. The Morgan fingerprint density at radius 2 is 1.94 bits per heavy atom. The molecule has 4 rings (SSSR count). The lowest BCUT2D eigenvalue weighted by Gasteiger charge is -2.27. The third-order valence-corrected chi connectivity index (χ3v) is 5.75. The van der Waals surface area contributed by atoms with E-state index >= 15 is 0 Å². The van der Waals surface area contributed by atoms with Gasteiger partial charge in [0.25, 0.3) is 5.91 Å². The van der Waals surface area contributed by atoms with Crippen molar-refractivity contribution in [1.82, 2.24) is 25.7 Å². The first-order valence-electron chi connectivity index (χ1n) is 10.7. The summed E-state index contributed by atoms with van der Waals surface area (Å²) < 4.78 is 16.5. The molecule has 1 amide bonds. The summed E-state index contributed by atoms with van der Waals surface area (Å²) in [4.78, 5) is 16.8. The first-order chi connectivity index (χ1) is 15.5. The van der Waals surface area contributed by atoms with Crippen molar-refractivity contribution < 1.29 is 18.8 Å². The van der Waals surface area contributed by atoms with Crippen LogP contribution in [0.4, 0.5) is 0 Å². The van der Waals surface area contributed by atoms with Gasteiger partial charge in [-0.25, -0.2) is 0 Å². The average Bonchev–Trinajstić information content (AvgIpc) is 3.19. The Morgan fingerprint density at radius 3 is 2.59 bits per heavy atom. The van der Waals surface area contributed by atoms with E-state index < -0.39 is 0 Å². The SMILES string of the molecule is CO[C@H]1CC[C@@H](NC(=O)c2ccc(OCc3c(-c4ccc(C)nc4)noc3C)nn2)CC1. The van der Waals surface area contributed by atoms with E-state index in [0.29, 0.717) is 17.3 Å². The van der Waals surface area contributed by atoms with Crippen LogP contribution in [0.1, 0.15) is 53.2 Å². The number of rotatable bonds is 7. The summed E-state index contributed by atoms with van der Waals surface area (Å²) in [5.74, 6) is 0.748. The Kier molecular flexibility index (Phi) is 6.75. The second kappa shape index (κ2) is 9.86. The number of amides is 1. The Bertz CT molecular complexity index is 1040. The fraction of sp³-hybridized carbons (Fsp3) is 0.435. The number of aromatic nitrogens is 4. The molecule has 0 unspecified atom stereocenters. The van der Waals surface area contributed by atoms with Crippen molar-refractivity contribution in [3.8, 4) is 17.1 Å². The predicted octanol–water partition coefficient (Wildman–Crippen LogP) is 3.41. The summed E-state index contributed by atoms with van der Waals surface area (Å²) in [6, 6.07) is 7.25. The molecule has 3 heterocycles. The van der Waals surface area contributed by atoms with Gasteiger partial charge >= 0.3 is 0 Å². The number of carbonyl (C=O) groups excluding carboxylic acids is 1. The number of hydrogen-bond donors (Lipinski definition) is 1. The maximum atomic E-state index is 12.5. The Labute approximate surface area is 186 Å². The van der Waals surface area contributed by atoms with E-state index in [1.165, 1.54) is 0 Å². The summed E-state index contributed by atoms with van der Waals surface area (Å²) in [5.41, 5.74) is 3.53. The second-order valence-corrected chi connectivity index (χ2v) is 7.98. The number of aryl methyl sites for hydroxylation is 2. The summed E-state index contributed by atoms with van der Waals surface area (Å²) in [5, 5.41) is 15.2. The van der Waals surface area contributed by atoms with Crippen LogP contribution >= 0.6 is 0 Å². The normalized spacial score (nSPS) is 18.3. The molecule has 9 nitrogen and oxygen atoms in total. The van der Waals surface area contributed by atoms with Gasteiger partial charge in [-0.3, -0.25) is 9.78 Å². The number of pyridine rings is 1. The highest BCUT2D eigenvalue weighted by molar-refractivity contribution is 5.92. The molecule has 1 aliphatic carbocycles. The zero-order chi connectivity index (χ0) is 22.5. The Morgan fingerprint density at radius 1 is 1.12 bits per heavy atom. The van der Waals surface area contributed by atoms with E-state index in [4.69, 9.17) is 14.0 Å². The van der Waals surface area contributed by atoms with Crippen molar-refractivity contribution in [2.45, 2.75) is 58.3 Å². The van der Waals surface area contributed by atoms with Gasteiger partial charge in [0, 0.05) is 36.7 Å². The van der Waals surface area contributed by atoms with E-state index in [1.807, 2.05) is 26.0 Å². The molecule has 1 N–H and O–H groups in total. The number of methoxy groups -OCH3 is 1. The first-order valence-corrected chi connectivity index (χ1v) is 10.7. The molecule has 0 spiro atoms. The van der Waals surface area contributed by atoms with Crippen LogP contribution in [-0.2, 0) is 11.3 Å². The van der Waals surface area contributed by atoms with Gasteiger partial charge in [0.1, 0.15) is 18.1 Å². The average molecular weight is 438 g/mol. The quantitative estimate of drug-likeness (QED) is 0.598. The molecule has 1 saturated carbocycles. The van der Waals surface area contributed by atoms with Crippen LogP contribution in [-0.4, -0.2) is 45.5 Å². The van der Waals surface area contributed by atoms with E-state index in [9.17, 15) is 4.79 Å². The molecule has 0 bridgehead atoms. The van der Waals surface area contributed by atoms with E-state index in [0.717, 1.165) is 42.5 Å². The van der Waals surface area contributed by atoms with E-state index in [1.54, 1.807) is 25.4 Å². The third-order valence-electron chi connectivity index (χ3n) is 5.75. The van der Waals surface area contributed by atoms with E-state index in [2.05, 4.69) is 25.7 Å². The molecule has 0 aliphatic heterocycles. The molecule has 1 aliphatic rings. The minimum absolute atomic E-state index is 0.137. The van der Waals surface area contributed by atoms with Crippen LogP contribution < -0.4 is 10.1 Å². The van der Waals surface area contributed by atoms with Crippen LogP contribution in [0.5, 0.6) is 5.88 Å². The minimum atomic E-state index is -0.228. The van der Waals surface area contributed by atoms with Gasteiger partial charge in [-0.2, -0.15) is 0 Å². The summed E-state index contributed by atoms with van der Waals surface area (Å²) in [6.07, 6.45) is 5.73. The Hall–Kier alpha value is -3.33. The molecule has 3 aromatic heterocycles. The molecular weight excluding hydrogens is 410 g/mol. The van der Waals surface area contributed by atoms with Crippen molar-refractivity contribution in [1.29, 1.82) is 0 Å². The number of nitrogens with zero attached hydrogens (tertiary/aromatic N) is 4. The second-order valence-electron chi connectivity index (χ2n) is 7.98. The number of nitrogens with one attached hydrogen (secondary N) is 1. The molecule has 1 fully saturated rings. The lowest BCUT2D eigenvalue weighted by Crippen LogP contribution is -2.39. The third kappa shape index (κ3) is 5.11. The molecule has 32 heavy (non-hydrogen) atoms. The van der Waals surface area contributed by atoms with Crippen molar-refractivity contribution in [3.05, 3.63) is 53.2 Å². The molecule has 9 heteroatoms. The fourth-order valence-corrected chi connectivity index (χ4v) is 3.76. The highest BCUT2D eigenvalue weighted by atomic mass is 16.5. The first kappa shape index (κ1) is 21.9. The van der Waals surface area contributed by atoms with Gasteiger partial charge in [0.2, 0.25) is 5.88 Å². The summed E-state index contributed by atoms with van der Waals surface area (Å²) in [6.45, 7) is 3.97. The topological polar surface area (TPSA) is 112 Å². The lowest BCUT2D eigenvalue weighted by atomic mass is 9.93. The van der Waals surface area contributed by atoms with E-state index in [-0.39, 0.29) is 30.4 Å². The standard InChI is InChI=1S/C23H27N5O4/c1-14-4-5-16(12-24-14)22-19(15(2)32-28-22)13-31-21-11-10-20(26-27-21)23(29)25-17-6-8-18(30-3)9-7-17/h4-5,10-12,17-18H,6-9,13H2,1-3H3,(H,25,29)/t17-,18+. The molecule has 0 atom stereocenters. The van der Waals surface area contributed by atoms with Crippen LogP contribution in [0.3, 0.4) is 0 Å². The van der Waals surface area contributed by atoms with Crippen molar-refractivity contribution in [3.63, 3.8) is 0 Å². The van der Waals surface area contributed by atoms with Crippen molar-refractivity contribution >= 4 is 5.91 Å². The fourth-order valence-electron chi connectivity index (χ4n) is 3.76.